The van der Waals surface area contributed by atoms with Gasteiger partial charge in [-0.3, -0.25) is 0 Å². The summed E-state index contributed by atoms with van der Waals surface area (Å²) < 4.78 is 0. The second-order valence-corrected chi connectivity index (χ2v) is 4.02. The van der Waals surface area contributed by atoms with Crippen molar-refractivity contribution in [3.63, 3.8) is 0 Å². The summed E-state index contributed by atoms with van der Waals surface area (Å²) in [6.45, 7) is 0. The van der Waals surface area contributed by atoms with E-state index in [0.29, 0.717) is 5.69 Å². The summed E-state index contributed by atoms with van der Waals surface area (Å²) in [4.78, 5) is 15.9. The van der Waals surface area contributed by atoms with Gasteiger partial charge in [-0.05, 0) is 6.07 Å². The SMILES string of the molecule is Oc1cnc(N=Nc2ncccn2)nc1-c1ccccc1. The zero-order valence-electron chi connectivity index (χ0n) is 10.8. The highest BCUT2D eigenvalue weighted by atomic mass is 16.3. The van der Waals surface area contributed by atoms with E-state index in [2.05, 4.69) is 30.2 Å². The van der Waals surface area contributed by atoms with Crippen LogP contribution < -0.4 is 0 Å². The van der Waals surface area contributed by atoms with E-state index in [1.165, 1.54) is 6.20 Å². The van der Waals surface area contributed by atoms with Gasteiger partial charge in [0, 0.05) is 18.0 Å². The maximum Gasteiger partial charge on any atom is 0.269 e. The molecule has 0 spiro atoms. The third-order valence-electron chi connectivity index (χ3n) is 2.58. The summed E-state index contributed by atoms with van der Waals surface area (Å²) in [5.74, 6) is 0.325. The van der Waals surface area contributed by atoms with Crippen molar-refractivity contribution in [2.45, 2.75) is 0 Å². The lowest BCUT2D eigenvalue weighted by molar-refractivity contribution is 0.472. The van der Waals surface area contributed by atoms with Crippen LogP contribution in [0.1, 0.15) is 0 Å². The van der Waals surface area contributed by atoms with Gasteiger partial charge in [0.25, 0.3) is 11.9 Å². The fourth-order valence-electron chi connectivity index (χ4n) is 1.66. The zero-order valence-corrected chi connectivity index (χ0v) is 10.8. The van der Waals surface area contributed by atoms with E-state index in [1.807, 2.05) is 30.3 Å². The molecule has 0 saturated carbocycles. The molecule has 0 fully saturated rings. The second kappa shape index (κ2) is 5.83. The van der Waals surface area contributed by atoms with Gasteiger partial charge in [-0.25, -0.2) is 19.9 Å². The Morgan fingerprint density at radius 3 is 2.29 bits per heavy atom. The van der Waals surface area contributed by atoms with Gasteiger partial charge >= 0.3 is 0 Å². The van der Waals surface area contributed by atoms with Crippen LogP contribution in [0.2, 0.25) is 0 Å². The molecule has 0 aliphatic rings. The van der Waals surface area contributed by atoms with Crippen molar-refractivity contribution < 1.29 is 5.11 Å². The van der Waals surface area contributed by atoms with Gasteiger partial charge in [-0.15, -0.1) is 10.2 Å². The van der Waals surface area contributed by atoms with Gasteiger partial charge in [-0.1, -0.05) is 30.3 Å². The molecule has 0 atom stereocenters. The molecule has 0 radical (unpaired) electrons. The maximum absolute atomic E-state index is 9.85. The van der Waals surface area contributed by atoms with Gasteiger partial charge in [0.1, 0.15) is 5.69 Å². The smallest absolute Gasteiger partial charge is 0.269 e. The largest absolute Gasteiger partial charge is 0.504 e. The third kappa shape index (κ3) is 3.03. The van der Waals surface area contributed by atoms with Gasteiger partial charge in [0.15, 0.2) is 5.75 Å². The minimum absolute atomic E-state index is 0.0175. The molecule has 102 valence electrons. The number of aromatic nitrogens is 4. The highest BCUT2D eigenvalue weighted by molar-refractivity contribution is 5.65. The van der Waals surface area contributed by atoms with Gasteiger partial charge < -0.3 is 5.11 Å². The molecule has 1 N–H and O–H groups in total. The molecule has 7 heteroatoms. The Labute approximate surface area is 120 Å². The summed E-state index contributed by atoms with van der Waals surface area (Å²) in [6, 6.07) is 11.0. The van der Waals surface area contributed by atoms with E-state index in [0.717, 1.165) is 5.56 Å². The Morgan fingerprint density at radius 2 is 1.52 bits per heavy atom. The molecule has 0 aliphatic carbocycles. The monoisotopic (exact) mass is 278 g/mol. The summed E-state index contributed by atoms with van der Waals surface area (Å²) >= 11 is 0. The average Bonchev–Trinajstić information content (AvgIpc) is 2.56. The van der Waals surface area contributed by atoms with E-state index in [4.69, 9.17) is 0 Å². The van der Waals surface area contributed by atoms with Crippen LogP contribution in [0.15, 0.2) is 65.2 Å². The molecule has 0 unspecified atom stereocenters. The molecule has 2 aromatic heterocycles. The number of hydrogen-bond acceptors (Lipinski definition) is 7. The minimum atomic E-state index is -0.0175. The molecule has 1 aromatic carbocycles. The summed E-state index contributed by atoms with van der Waals surface area (Å²) in [5, 5.41) is 17.6. The highest BCUT2D eigenvalue weighted by Crippen LogP contribution is 2.27. The lowest BCUT2D eigenvalue weighted by Crippen LogP contribution is -1.87. The quantitative estimate of drug-likeness (QED) is 0.742. The Hall–Kier alpha value is -3.22. The van der Waals surface area contributed by atoms with E-state index in [9.17, 15) is 5.11 Å². The first-order chi connectivity index (χ1) is 10.3. The normalized spacial score (nSPS) is 10.9. The van der Waals surface area contributed by atoms with Crippen LogP contribution in [0.5, 0.6) is 5.75 Å². The highest BCUT2D eigenvalue weighted by Gasteiger charge is 2.08. The van der Waals surface area contributed by atoms with Crippen LogP contribution in [0.25, 0.3) is 11.3 Å². The van der Waals surface area contributed by atoms with Crippen LogP contribution in [-0.4, -0.2) is 25.0 Å². The van der Waals surface area contributed by atoms with Crippen molar-refractivity contribution >= 4 is 11.9 Å². The van der Waals surface area contributed by atoms with Crippen molar-refractivity contribution in [2.75, 3.05) is 0 Å². The van der Waals surface area contributed by atoms with Crippen LogP contribution in [0.4, 0.5) is 11.9 Å². The van der Waals surface area contributed by atoms with Crippen molar-refractivity contribution in [1.82, 2.24) is 19.9 Å². The molecular weight excluding hydrogens is 268 g/mol. The standard InChI is InChI=1S/C14H10N6O/c21-11-9-17-14(20-19-13-15-7-4-8-16-13)18-12(11)10-5-2-1-3-6-10/h1-9,21H. The first kappa shape index (κ1) is 12.8. The Kier molecular flexibility index (Phi) is 3.55. The molecule has 0 saturated heterocycles. The third-order valence-corrected chi connectivity index (χ3v) is 2.58. The Morgan fingerprint density at radius 1 is 0.810 bits per heavy atom. The number of azo groups is 1. The maximum atomic E-state index is 9.85. The summed E-state index contributed by atoms with van der Waals surface area (Å²) in [6.07, 6.45) is 4.42. The Bertz CT molecular complexity index is 761. The first-order valence-corrected chi connectivity index (χ1v) is 6.13. The summed E-state index contributed by atoms with van der Waals surface area (Å²) in [5.41, 5.74) is 1.17. The molecule has 2 heterocycles. The number of aromatic hydroxyl groups is 1. The fourth-order valence-corrected chi connectivity index (χ4v) is 1.66. The van der Waals surface area contributed by atoms with E-state index in [-0.39, 0.29) is 17.6 Å². The van der Waals surface area contributed by atoms with E-state index in [1.54, 1.807) is 18.5 Å². The predicted octanol–water partition coefficient (Wildman–Crippen LogP) is 3.05. The molecule has 0 aliphatic heterocycles. The van der Waals surface area contributed by atoms with Crippen molar-refractivity contribution in [3.8, 4) is 17.0 Å². The van der Waals surface area contributed by atoms with Gasteiger partial charge in [-0.2, -0.15) is 0 Å². The van der Waals surface area contributed by atoms with Gasteiger partial charge in [0.2, 0.25) is 0 Å². The Balaban J connectivity index is 1.93. The molecule has 3 rings (SSSR count). The van der Waals surface area contributed by atoms with Crippen molar-refractivity contribution in [1.29, 1.82) is 0 Å². The van der Waals surface area contributed by atoms with Crippen LogP contribution in [0, 0.1) is 0 Å². The fraction of sp³-hybridized carbons (Fsp3) is 0. The number of hydrogen-bond donors (Lipinski definition) is 1. The van der Waals surface area contributed by atoms with Crippen LogP contribution in [0.3, 0.4) is 0 Å². The van der Waals surface area contributed by atoms with Crippen LogP contribution >= 0.6 is 0 Å². The predicted molar refractivity (Wildman–Crippen MR) is 75.3 cm³/mol. The molecule has 7 nitrogen and oxygen atoms in total. The average molecular weight is 278 g/mol. The first-order valence-electron chi connectivity index (χ1n) is 6.13. The van der Waals surface area contributed by atoms with E-state index >= 15 is 0 Å². The lowest BCUT2D eigenvalue weighted by Gasteiger charge is -2.03. The topological polar surface area (TPSA) is 96.5 Å². The lowest BCUT2D eigenvalue weighted by atomic mass is 10.1. The number of benzene rings is 1. The molecule has 21 heavy (non-hydrogen) atoms. The number of nitrogens with zero attached hydrogens (tertiary/aromatic N) is 6. The molecule has 3 aromatic rings. The van der Waals surface area contributed by atoms with Crippen molar-refractivity contribution in [2.24, 2.45) is 10.2 Å². The van der Waals surface area contributed by atoms with Crippen LogP contribution in [-0.2, 0) is 0 Å². The van der Waals surface area contributed by atoms with Crippen molar-refractivity contribution in [3.05, 3.63) is 55.0 Å². The van der Waals surface area contributed by atoms with Gasteiger partial charge in [0.05, 0.1) is 6.20 Å². The molecule has 0 bridgehead atoms. The minimum Gasteiger partial charge on any atom is -0.504 e. The zero-order chi connectivity index (χ0) is 14.5. The second-order valence-electron chi connectivity index (χ2n) is 4.02. The summed E-state index contributed by atoms with van der Waals surface area (Å²) in [7, 11) is 0. The molecular formula is C14H10N6O. The number of rotatable bonds is 3. The van der Waals surface area contributed by atoms with E-state index < -0.39 is 0 Å². The molecule has 0 amide bonds.